The molecule has 38 heavy (non-hydrogen) atoms. The summed E-state index contributed by atoms with van der Waals surface area (Å²) in [6, 6.07) is 17.4. The second kappa shape index (κ2) is 9.85. The zero-order chi connectivity index (χ0) is 27.0. The first-order valence-corrected chi connectivity index (χ1v) is 12.0. The van der Waals surface area contributed by atoms with Crippen LogP contribution in [0.3, 0.4) is 0 Å². The molecule has 9 nitrogen and oxygen atoms in total. The summed E-state index contributed by atoms with van der Waals surface area (Å²) in [5.41, 5.74) is 1.62. The van der Waals surface area contributed by atoms with Gasteiger partial charge in [0.05, 0.1) is 29.2 Å². The minimum atomic E-state index is -0.757. The van der Waals surface area contributed by atoms with Crippen molar-refractivity contribution in [3.8, 4) is 17.2 Å². The molecule has 0 aliphatic heterocycles. The first-order valence-electron chi connectivity index (χ1n) is 12.0. The van der Waals surface area contributed by atoms with Crippen LogP contribution in [0.15, 0.2) is 71.7 Å². The Morgan fingerprint density at radius 2 is 1.61 bits per heavy atom. The smallest absolute Gasteiger partial charge is 0.419 e. The van der Waals surface area contributed by atoms with E-state index in [1.165, 1.54) is 25.1 Å². The van der Waals surface area contributed by atoms with Crippen LogP contribution in [0.4, 0.5) is 10.5 Å². The Hall–Kier alpha value is -4.92. The van der Waals surface area contributed by atoms with Gasteiger partial charge in [-0.2, -0.15) is 0 Å². The molecule has 5 aromatic rings. The van der Waals surface area contributed by atoms with Crippen molar-refractivity contribution in [2.75, 3.05) is 19.1 Å². The van der Waals surface area contributed by atoms with E-state index in [0.29, 0.717) is 16.5 Å². The zero-order valence-electron chi connectivity index (χ0n) is 21.3. The molecule has 0 saturated heterocycles. The van der Waals surface area contributed by atoms with Crippen LogP contribution in [-0.2, 0) is 11.8 Å². The number of anilines is 1. The number of methoxy groups -OCH3 is 1. The third-order valence-electron chi connectivity index (χ3n) is 6.42. The molecule has 5 rings (SSSR count). The Kier molecular flexibility index (Phi) is 6.42. The van der Waals surface area contributed by atoms with Gasteiger partial charge in [0.2, 0.25) is 0 Å². The Labute approximate surface area is 217 Å². The standard InChI is InChI=1S/C29H25N3O6/c1-5-26(33)37-23-13-9-8-12-22(23)31(2)29(35)38-25-15-19-18(14-24(25)36-4)20-16-30-21-11-7-6-10-17(21)27(20)32(3)28(19)34/h6-16H,5H2,1-4H3. The van der Waals surface area contributed by atoms with Gasteiger partial charge in [-0.1, -0.05) is 37.3 Å². The van der Waals surface area contributed by atoms with Crippen molar-refractivity contribution in [3.63, 3.8) is 0 Å². The average Bonchev–Trinajstić information content (AvgIpc) is 2.94. The molecule has 0 fully saturated rings. The summed E-state index contributed by atoms with van der Waals surface area (Å²) < 4.78 is 18.2. The average molecular weight is 512 g/mol. The lowest BCUT2D eigenvalue weighted by Gasteiger charge is -2.20. The van der Waals surface area contributed by atoms with E-state index >= 15 is 0 Å². The molecule has 1 amide bonds. The first kappa shape index (κ1) is 24.8. The van der Waals surface area contributed by atoms with Crippen LogP contribution in [0, 0.1) is 0 Å². The lowest BCUT2D eigenvalue weighted by Crippen LogP contribution is -2.30. The quantitative estimate of drug-likeness (QED) is 0.182. The SMILES string of the molecule is CCC(=O)Oc1ccccc1N(C)C(=O)Oc1cc2c(=O)n(C)c3c4ccccc4ncc3c2cc1OC. The highest BCUT2D eigenvalue weighted by Gasteiger charge is 2.22. The second-order valence-corrected chi connectivity index (χ2v) is 8.67. The Bertz CT molecular complexity index is 1790. The van der Waals surface area contributed by atoms with E-state index in [9.17, 15) is 14.4 Å². The van der Waals surface area contributed by atoms with E-state index in [2.05, 4.69) is 4.98 Å². The van der Waals surface area contributed by atoms with E-state index in [0.717, 1.165) is 21.8 Å². The highest BCUT2D eigenvalue weighted by molar-refractivity contribution is 6.14. The number of fused-ring (bicyclic) bond motifs is 5. The summed E-state index contributed by atoms with van der Waals surface area (Å²) in [6.07, 6.45) is 1.16. The number of aromatic nitrogens is 2. The highest BCUT2D eigenvalue weighted by atomic mass is 16.6. The van der Waals surface area contributed by atoms with Gasteiger partial charge in [-0.15, -0.1) is 0 Å². The number of hydrogen-bond donors (Lipinski definition) is 0. The number of esters is 1. The number of benzene rings is 3. The van der Waals surface area contributed by atoms with E-state index < -0.39 is 12.1 Å². The molecule has 2 aromatic heterocycles. The number of rotatable bonds is 5. The fourth-order valence-electron chi connectivity index (χ4n) is 4.44. The largest absolute Gasteiger partial charge is 0.493 e. The van der Waals surface area contributed by atoms with Gasteiger partial charge in [0.25, 0.3) is 5.56 Å². The molecule has 9 heteroatoms. The van der Waals surface area contributed by atoms with Gasteiger partial charge < -0.3 is 18.8 Å². The van der Waals surface area contributed by atoms with Crippen molar-refractivity contribution in [2.24, 2.45) is 7.05 Å². The molecule has 0 saturated carbocycles. The summed E-state index contributed by atoms with van der Waals surface area (Å²) in [6.45, 7) is 1.68. The van der Waals surface area contributed by atoms with Crippen molar-refractivity contribution < 1.29 is 23.8 Å². The predicted molar refractivity (Wildman–Crippen MR) is 145 cm³/mol. The Morgan fingerprint density at radius 1 is 0.895 bits per heavy atom. The van der Waals surface area contributed by atoms with Crippen molar-refractivity contribution in [1.29, 1.82) is 0 Å². The zero-order valence-corrected chi connectivity index (χ0v) is 21.3. The van der Waals surface area contributed by atoms with Crippen LogP contribution in [0.5, 0.6) is 17.2 Å². The number of para-hydroxylation sites is 3. The lowest BCUT2D eigenvalue weighted by molar-refractivity contribution is -0.133. The summed E-state index contributed by atoms with van der Waals surface area (Å²) in [5.74, 6) is 0.142. The lowest BCUT2D eigenvalue weighted by atomic mass is 10.0. The molecule has 0 N–H and O–H groups in total. The predicted octanol–water partition coefficient (Wildman–Crippen LogP) is 5.20. The van der Waals surface area contributed by atoms with Gasteiger partial charge in [-0.3, -0.25) is 19.5 Å². The Morgan fingerprint density at radius 3 is 2.37 bits per heavy atom. The minimum absolute atomic E-state index is 0.0742. The van der Waals surface area contributed by atoms with E-state index in [-0.39, 0.29) is 29.2 Å². The molecule has 0 atom stereocenters. The van der Waals surface area contributed by atoms with Gasteiger partial charge in [0, 0.05) is 42.9 Å². The van der Waals surface area contributed by atoms with E-state index in [4.69, 9.17) is 14.2 Å². The van der Waals surface area contributed by atoms with Crippen molar-refractivity contribution >= 4 is 50.3 Å². The third-order valence-corrected chi connectivity index (χ3v) is 6.42. The molecule has 0 aliphatic carbocycles. The van der Waals surface area contributed by atoms with E-state index in [1.54, 1.807) is 55.1 Å². The normalized spacial score (nSPS) is 11.1. The molecule has 0 radical (unpaired) electrons. The maximum absolute atomic E-state index is 13.5. The maximum Gasteiger partial charge on any atom is 0.419 e. The van der Waals surface area contributed by atoms with Crippen LogP contribution in [0.1, 0.15) is 13.3 Å². The van der Waals surface area contributed by atoms with Gasteiger partial charge >= 0.3 is 12.1 Å². The fraction of sp³-hybridized carbons (Fsp3) is 0.172. The molecular weight excluding hydrogens is 486 g/mol. The summed E-state index contributed by atoms with van der Waals surface area (Å²) >= 11 is 0. The molecule has 192 valence electrons. The van der Waals surface area contributed by atoms with Crippen LogP contribution in [-0.4, -0.2) is 35.8 Å². The Balaban J connectivity index is 1.59. The van der Waals surface area contributed by atoms with Crippen LogP contribution in [0.2, 0.25) is 0 Å². The minimum Gasteiger partial charge on any atom is -0.493 e. The molecule has 0 aliphatic rings. The van der Waals surface area contributed by atoms with Gasteiger partial charge in [0.1, 0.15) is 0 Å². The van der Waals surface area contributed by atoms with Crippen molar-refractivity contribution in [1.82, 2.24) is 9.55 Å². The molecule has 0 bridgehead atoms. The monoisotopic (exact) mass is 511 g/mol. The molecule has 2 heterocycles. The summed E-state index contributed by atoms with van der Waals surface area (Å²) in [5, 5.41) is 2.59. The molecule has 3 aromatic carbocycles. The van der Waals surface area contributed by atoms with Crippen LogP contribution >= 0.6 is 0 Å². The number of carbonyl (C=O) groups is 2. The van der Waals surface area contributed by atoms with E-state index in [1.807, 2.05) is 24.3 Å². The van der Waals surface area contributed by atoms with Crippen LogP contribution in [0.25, 0.3) is 32.6 Å². The number of amides is 1. The maximum atomic E-state index is 13.5. The van der Waals surface area contributed by atoms with Gasteiger partial charge in [-0.05, 0) is 30.3 Å². The number of carbonyl (C=O) groups excluding carboxylic acids is 2. The topological polar surface area (TPSA) is 100.0 Å². The van der Waals surface area contributed by atoms with Crippen LogP contribution < -0.4 is 24.7 Å². The summed E-state index contributed by atoms with van der Waals surface area (Å²) in [4.78, 5) is 44.2. The van der Waals surface area contributed by atoms with Gasteiger partial charge in [0.15, 0.2) is 17.2 Å². The second-order valence-electron chi connectivity index (χ2n) is 8.67. The third kappa shape index (κ3) is 4.17. The number of nitrogens with zero attached hydrogens (tertiary/aromatic N) is 3. The molecule has 0 spiro atoms. The number of pyridine rings is 2. The summed E-state index contributed by atoms with van der Waals surface area (Å²) in [7, 11) is 4.66. The molecular formula is C29H25N3O6. The van der Waals surface area contributed by atoms with Crippen molar-refractivity contribution in [3.05, 3.63) is 77.2 Å². The number of hydrogen-bond acceptors (Lipinski definition) is 7. The molecule has 0 unspecified atom stereocenters. The highest BCUT2D eigenvalue weighted by Crippen LogP contribution is 2.36. The first-order chi connectivity index (χ1) is 18.3. The number of aryl methyl sites for hydroxylation is 1. The van der Waals surface area contributed by atoms with Crippen molar-refractivity contribution in [2.45, 2.75) is 13.3 Å². The van der Waals surface area contributed by atoms with Gasteiger partial charge in [-0.25, -0.2) is 4.79 Å². The number of ether oxygens (including phenoxy) is 3. The fourth-order valence-corrected chi connectivity index (χ4v) is 4.44.